The van der Waals surface area contributed by atoms with Crippen molar-refractivity contribution < 1.29 is 9.18 Å². The van der Waals surface area contributed by atoms with Gasteiger partial charge in [-0.1, -0.05) is 12.1 Å². The first-order valence-electron chi connectivity index (χ1n) is 8.26. The topological polar surface area (TPSA) is 49.0 Å². The number of carbonyl (C=O) groups is 1. The SMILES string of the molecule is O=C(CCCc1cn[nH]c1)N1CCCCC1c1ccc(F)cc1. The van der Waals surface area contributed by atoms with E-state index < -0.39 is 0 Å². The van der Waals surface area contributed by atoms with Gasteiger partial charge in [-0.2, -0.15) is 5.10 Å². The van der Waals surface area contributed by atoms with Crippen molar-refractivity contribution in [3.05, 3.63) is 53.6 Å². The van der Waals surface area contributed by atoms with Crippen molar-refractivity contribution >= 4 is 5.91 Å². The number of aryl methyl sites for hydroxylation is 1. The second kappa shape index (κ2) is 7.40. The molecule has 1 unspecified atom stereocenters. The number of halogens is 1. The summed E-state index contributed by atoms with van der Waals surface area (Å²) in [5.74, 6) is -0.0370. The van der Waals surface area contributed by atoms with Crippen molar-refractivity contribution in [1.29, 1.82) is 0 Å². The molecule has 1 saturated heterocycles. The zero-order valence-corrected chi connectivity index (χ0v) is 13.2. The van der Waals surface area contributed by atoms with E-state index in [1.807, 2.05) is 11.1 Å². The van der Waals surface area contributed by atoms with E-state index in [2.05, 4.69) is 10.2 Å². The summed E-state index contributed by atoms with van der Waals surface area (Å²) in [6.45, 7) is 0.798. The van der Waals surface area contributed by atoms with Gasteiger partial charge in [0.25, 0.3) is 0 Å². The molecule has 5 heteroatoms. The Morgan fingerprint density at radius 3 is 2.87 bits per heavy atom. The second-order valence-corrected chi connectivity index (χ2v) is 6.11. The number of aromatic nitrogens is 2. The maximum Gasteiger partial charge on any atom is 0.223 e. The van der Waals surface area contributed by atoms with Gasteiger partial charge in [0.15, 0.2) is 0 Å². The lowest BCUT2D eigenvalue weighted by molar-refractivity contribution is -0.135. The van der Waals surface area contributed by atoms with Gasteiger partial charge in [-0.05, 0) is 55.4 Å². The Hall–Kier alpha value is -2.17. The van der Waals surface area contributed by atoms with E-state index in [4.69, 9.17) is 0 Å². The van der Waals surface area contributed by atoms with Gasteiger partial charge in [0.1, 0.15) is 5.82 Å². The second-order valence-electron chi connectivity index (χ2n) is 6.11. The lowest BCUT2D eigenvalue weighted by Gasteiger charge is -2.36. The molecule has 1 atom stereocenters. The fourth-order valence-electron chi connectivity index (χ4n) is 3.26. The predicted octanol–water partition coefficient (Wildman–Crippen LogP) is 3.63. The van der Waals surface area contributed by atoms with Gasteiger partial charge < -0.3 is 4.90 Å². The molecule has 3 rings (SSSR count). The first kappa shape index (κ1) is 15.7. The van der Waals surface area contributed by atoms with Crippen LogP contribution < -0.4 is 0 Å². The van der Waals surface area contributed by atoms with Crippen molar-refractivity contribution in [1.82, 2.24) is 15.1 Å². The number of H-pyrrole nitrogens is 1. The summed E-state index contributed by atoms with van der Waals surface area (Å²) < 4.78 is 13.1. The summed E-state index contributed by atoms with van der Waals surface area (Å²) in [5.41, 5.74) is 2.17. The van der Waals surface area contributed by atoms with E-state index in [1.54, 1.807) is 18.3 Å². The van der Waals surface area contributed by atoms with Crippen LogP contribution in [0.15, 0.2) is 36.7 Å². The molecule has 1 aromatic heterocycles. The van der Waals surface area contributed by atoms with Crippen molar-refractivity contribution in [2.24, 2.45) is 0 Å². The van der Waals surface area contributed by atoms with Gasteiger partial charge in [-0.3, -0.25) is 9.89 Å². The summed E-state index contributed by atoms with van der Waals surface area (Å²) in [6.07, 6.45) is 9.01. The highest BCUT2D eigenvalue weighted by Gasteiger charge is 2.27. The van der Waals surface area contributed by atoms with Crippen LogP contribution in [0.3, 0.4) is 0 Å². The highest BCUT2D eigenvalue weighted by Crippen LogP contribution is 2.31. The average Bonchev–Trinajstić information content (AvgIpc) is 3.09. The van der Waals surface area contributed by atoms with E-state index in [1.165, 1.54) is 12.1 Å². The van der Waals surface area contributed by atoms with E-state index in [9.17, 15) is 9.18 Å². The Morgan fingerprint density at radius 2 is 2.13 bits per heavy atom. The van der Waals surface area contributed by atoms with Crippen LogP contribution in [-0.4, -0.2) is 27.5 Å². The largest absolute Gasteiger partial charge is 0.336 e. The molecule has 0 spiro atoms. The molecule has 122 valence electrons. The average molecular weight is 315 g/mol. The minimum absolute atomic E-state index is 0.0887. The summed E-state index contributed by atoms with van der Waals surface area (Å²) in [4.78, 5) is 14.6. The molecule has 0 radical (unpaired) electrons. The number of benzene rings is 1. The number of nitrogens with one attached hydrogen (secondary N) is 1. The van der Waals surface area contributed by atoms with E-state index in [0.717, 1.165) is 49.8 Å². The van der Waals surface area contributed by atoms with Gasteiger partial charge >= 0.3 is 0 Å². The van der Waals surface area contributed by atoms with Crippen LogP contribution in [0.25, 0.3) is 0 Å². The number of aromatic amines is 1. The maximum atomic E-state index is 13.1. The van der Waals surface area contributed by atoms with Crippen molar-refractivity contribution in [3.8, 4) is 0 Å². The molecule has 1 fully saturated rings. The number of nitrogens with zero attached hydrogens (tertiary/aromatic N) is 2. The smallest absolute Gasteiger partial charge is 0.223 e. The summed E-state index contributed by atoms with van der Waals surface area (Å²) in [7, 11) is 0. The predicted molar refractivity (Wildman–Crippen MR) is 86.2 cm³/mol. The number of rotatable bonds is 5. The number of hydrogen-bond acceptors (Lipinski definition) is 2. The molecule has 1 amide bonds. The van der Waals surface area contributed by atoms with Gasteiger partial charge in [0, 0.05) is 19.2 Å². The van der Waals surface area contributed by atoms with Crippen LogP contribution >= 0.6 is 0 Å². The van der Waals surface area contributed by atoms with Crippen LogP contribution in [-0.2, 0) is 11.2 Å². The van der Waals surface area contributed by atoms with E-state index >= 15 is 0 Å². The molecule has 0 aliphatic carbocycles. The number of likely N-dealkylation sites (tertiary alicyclic amines) is 1. The number of piperidine rings is 1. The molecule has 1 aromatic carbocycles. The third kappa shape index (κ3) is 3.97. The number of hydrogen-bond donors (Lipinski definition) is 1. The Morgan fingerprint density at radius 1 is 1.30 bits per heavy atom. The standard InChI is InChI=1S/C18H22FN3O/c19-16-9-7-15(8-10-16)17-5-1-2-11-22(17)18(23)6-3-4-14-12-20-21-13-14/h7-10,12-13,17H,1-6,11H2,(H,20,21). The van der Waals surface area contributed by atoms with E-state index in [0.29, 0.717) is 6.42 Å². The lowest BCUT2D eigenvalue weighted by Crippen LogP contribution is -2.38. The van der Waals surface area contributed by atoms with Crippen LogP contribution in [0.2, 0.25) is 0 Å². The summed E-state index contributed by atoms with van der Waals surface area (Å²) >= 11 is 0. The molecule has 4 nitrogen and oxygen atoms in total. The van der Waals surface area contributed by atoms with Gasteiger partial charge in [0.2, 0.25) is 5.91 Å². The molecule has 1 aliphatic heterocycles. The van der Waals surface area contributed by atoms with Crippen LogP contribution in [0.5, 0.6) is 0 Å². The Labute approximate surface area is 135 Å². The third-order valence-electron chi connectivity index (χ3n) is 4.49. The highest BCUT2D eigenvalue weighted by atomic mass is 19.1. The monoisotopic (exact) mass is 315 g/mol. The van der Waals surface area contributed by atoms with Crippen molar-refractivity contribution in [3.63, 3.8) is 0 Å². The maximum absolute atomic E-state index is 13.1. The Kier molecular flexibility index (Phi) is 5.05. The number of amides is 1. The van der Waals surface area contributed by atoms with Crippen molar-refractivity contribution in [2.75, 3.05) is 6.54 Å². The zero-order valence-electron chi connectivity index (χ0n) is 13.2. The number of carbonyl (C=O) groups excluding carboxylic acids is 1. The minimum atomic E-state index is -0.234. The van der Waals surface area contributed by atoms with Crippen LogP contribution in [0.1, 0.15) is 49.3 Å². The zero-order chi connectivity index (χ0) is 16.1. The molecular formula is C18H22FN3O. The molecule has 2 aromatic rings. The van der Waals surface area contributed by atoms with Gasteiger partial charge in [-0.25, -0.2) is 4.39 Å². The summed E-state index contributed by atoms with van der Waals surface area (Å²) in [5, 5.41) is 6.71. The van der Waals surface area contributed by atoms with Gasteiger partial charge in [0.05, 0.1) is 12.2 Å². The molecular weight excluding hydrogens is 293 g/mol. The molecule has 1 N–H and O–H groups in total. The first-order chi connectivity index (χ1) is 11.2. The fraction of sp³-hybridized carbons (Fsp3) is 0.444. The van der Waals surface area contributed by atoms with E-state index in [-0.39, 0.29) is 17.8 Å². The van der Waals surface area contributed by atoms with Crippen LogP contribution in [0.4, 0.5) is 4.39 Å². The third-order valence-corrected chi connectivity index (χ3v) is 4.49. The normalized spacial score (nSPS) is 18.1. The molecule has 0 saturated carbocycles. The molecule has 1 aliphatic rings. The Bertz CT molecular complexity index is 624. The molecule has 23 heavy (non-hydrogen) atoms. The fourth-order valence-corrected chi connectivity index (χ4v) is 3.26. The van der Waals surface area contributed by atoms with Gasteiger partial charge in [-0.15, -0.1) is 0 Å². The first-order valence-corrected chi connectivity index (χ1v) is 8.26. The van der Waals surface area contributed by atoms with Crippen LogP contribution in [0, 0.1) is 5.82 Å². The molecule has 0 bridgehead atoms. The highest BCUT2D eigenvalue weighted by molar-refractivity contribution is 5.76. The Balaban J connectivity index is 1.61. The minimum Gasteiger partial charge on any atom is -0.336 e. The summed E-state index contributed by atoms with van der Waals surface area (Å²) in [6, 6.07) is 6.65. The lowest BCUT2D eigenvalue weighted by atomic mass is 9.94. The molecule has 2 heterocycles. The van der Waals surface area contributed by atoms with Crippen molar-refractivity contribution in [2.45, 2.75) is 44.6 Å². The quantitative estimate of drug-likeness (QED) is 0.916.